The van der Waals surface area contributed by atoms with E-state index in [4.69, 9.17) is 15.2 Å². The molecule has 0 amide bonds. The second-order valence-electron chi connectivity index (χ2n) is 4.49. The summed E-state index contributed by atoms with van der Waals surface area (Å²) in [5.74, 6) is 1.15. The van der Waals surface area contributed by atoms with E-state index in [1.807, 2.05) is 31.2 Å². The largest absolute Gasteiger partial charge is 0.490 e. The Hall–Kier alpha value is -2.76. The molecule has 2 aromatic rings. The molecule has 0 unspecified atom stereocenters. The molecule has 0 aliphatic heterocycles. The summed E-state index contributed by atoms with van der Waals surface area (Å²) in [6.45, 7) is 2.64. The fraction of sp³-hybridized carbons (Fsp3) is 0.200. The Labute approximate surface area is 122 Å². The molecule has 0 bridgehead atoms. The number of benzene rings is 2. The normalized spacial score (nSPS) is 10.1. The molecule has 21 heavy (non-hydrogen) atoms. The summed E-state index contributed by atoms with van der Waals surface area (Å²) in [5, 5.41) is 10.8. The highest BCUT2D eigenvalue weighted by Crippen LogP contribution is 2.26. The van der Waals surface area contributed by atoms with Crippen LogP contribution in [0.3, 0.4) is 0 Å². The minimum Gasteiger partial charge on any atom is -0.490 e. The van der Waals surface area contributed by atoms with Gasteiger partial charge in [0.2, 0.25) is 0 Å². The third-order valence-corrected chi connectivity index (χ3v) is 2.84. The van der Waals surface area contributed by atoms with Crippen molar-refractivity contribution in [3.05, 3.63) is 58.1 Å². The topological polar surface area (TPSA) is 87.6 Å². The molecule has 6 nitrogen and oxygen atoms in total. The van der Waals surface area contributed by atoms with Crippen LogP contribution < -0.4 is 15.2 Å². The molecule has 0 radical (unpaired) electrons. The number of nitrogen functional groups attached to an aromatic ring is 1. The number of nitrogens with two attached hydrogens (primary N) is 1. The van der Waals surface area contributed by atoms with Crippen LogP contribution in [0, 0.1) is 17.0 Å². The summed E-state index contributed by atoms with van der Waals surface area (Å²) in [5.41, 5.74) is 6.63. The lowest BCUT2D eigenvalue weighted by Crippen LogP contribution is -2.09. The van der Waals surface area contributed by atoms with Crippen molar-refractivity contribution in [2.45, 2.75) is 6.92 Å². The van der Waals surface area contributed by atoms with Crippen molar-refractivity contribution in [1.82, 2.24) is 0 Å². The number of anilines is 1. The summed E-state index contributed by atoms with van der Waals surface area (Å²) in [7, 11) is 0. The van der Waals surface area contributed by atoms with E-state index in [-0.39, 0.29) is 18.0 Å². The van der Waals surface area contributed by atoms with Gasteiger partial charge in [0.05, 0.1) is 11.0 Å². The monoisotopic (exact) mass is 288 g/mol. The quantitative estimate of drug-likeness (QED) is 0.382. The van der Waals surface area contributed by atoms with E-state index < -0.39 is 4.92 Å². The first kappa shape index (κ1) is 14.6. The van der Waals surface area contributed by atoms with Crippen LogP contribution in [0.1, 0.15) is 5.56 Å². The summed E-state index contributed by atoms with van der Waals surface area (Å²) in [4.78, 5) is 10.2. The van der Waals surface area contributed by atoms with Crippen LogP contribution in [-0.2, 0) is 0 Å². The van der Waals surface area contributed by atoms with Crippen molar-refractivity contribution < 1.29 is 14.4 Å². The first-order valence-corrected chi connectivity index (χ1v) is 6.42. The van der Waals surface area contributed by atoms with Crippen LogP contribution in [0.5, 0.6) is 11.5 Å². The molecule has 0 atom stereocenters. The fourth-order valence-electron chi connectivity index (χ4n) is 1.72. The van der Waals surface area contributed by atoms with Gasteiger partial charge in [-0.3, -0.25) is 10.1 Å². The summed E-state index contributed by atoms with van der Waals surface area (Å²) in [6.07, 6.45) is 0. The van der Waals surface area contributed by atoms with Crippen molar-refractivity contribution in [3.8, 4) is 11.5 Å². The average molecular weight is 288 g/mol. The molecular formula is C15H16N2O4. The van der Waals surface area contributed by atoms with Crippen LogP contribution in [0.25, 0.3) is 0 Å². The Morgan fingerprint density at radius 2 is 1.62 bits per heavy atom. The zero-order chi connectivity index (χ0) is 15.2. The lowest BCUT2D eigenvalue weighted by Gasteiger charge is -2.09. The van der Waals surface area contributed by atoms with Gasteiger partial charge in [0.25, 0.3) is 5.69 Å². The predicted molar refractivity (Wildman–Crippen MR) is 79.7 cm³/mol. The lowest BCUT2D eigenvalue weighted by molar-refractivity contribution is -0.384. The summed E-state index contributed by atoms with van der Waals surface area (Å²) < 4.78 is 10.9. The standard InChI is InChI=1S/C15H16N2O4/c1-11-2-4-12(5-3-11)20-8-9-21-13-6-7-14(16)15(10-13)17(18)19/h2-7,10H,8-9,16H2,1H3. The van der Waals surface area contributed by atoms with E-state index in [0.717, 1.165) is 11.3 Å². The highest BCUT2D eigenvalue weighted by atomic mass is 16.6. The Morgan fingerprint density at radius 3 is 2.24 bits per heavy atom. The molecule has 0 heterocycles. The second kappa shape index (κ2) is 6.60. The summed E-state index contributed by atoms with van der Waals surface area (Å²) >= 11 is 0. The second-order valence-corrected chi connectivity index (χ2v) is 4.49. The number of hydrogen-bond acceptors (Lipinski definition) is 5. The number of nitro groups is 1. The van der Waals surface area contributed by atoms with E-state index in [1.54, 1.807) is 6.07 Å². The van der Waals surface area contributed by atoms with Gasteiger partial charge in [-0.1, -0.05) is 17.7 Å². The highest BCUT2D eigenvalue weighted by molar-refractivity contribution is 5.60. The molecule has 0 aliphatic rings. The molecule has 0 saturated heterocycles. The Balaban J connectivity index is 1.85. The summed E-state index contributed by atoms with van der Waals surface area (Å²) in [6, 6.07) is 12.0. The SMILES string of the molecule is Cc1ccc(OCCOc2ccc(N)c([N+](=O)[O-])c2)cc1. The van der Waals surface area contributed by atoms with Crippen molar-refractivity contribution in [2.24, 2.45) is 0 Å². The van der Waals surface area contributed by atoms with Crippen molar-refractivity contribution in [3.63, 3.8) is 0 Å². The third kappa shape index (κ3) is 4.10. The lowest BCUT2D eigenvalue weighted by atomic mass is 10.2. The number of nitrogens with zero attached hydrogens (tertiary/aromatic N) is 1. The molecule has 0 spiro atoms. The van der Waals surface area contributed by atoms with E-state index in [0.29, 0.717) is 12.4 Å². The minimum absolute atomic E-state index is 0.114. The average Bonchev–Trinajstić information content (AvgIpc) is 2.46. The highest BCUT2D eigenvalue weighted by Gasteiger charge is 2.12. The van der Waals surface area contributed by atoms with Gasteiger partial charge >= 0.3 is 0 Å². The van der Waals surface area contributed by atoms with Gasteiger partial charge in [0.15, 0.2) is 0 Å². The van der Waals surface area contributed by atoms with Gasteiger partial charge in [-0.25, -0.2) is 0 Å². The molecule has 2 aromatic carbocycles. The van der Waals surface area contributed by atoms with Crippen molar-refractivity contribution in [2.75, 3.05) is 18.9 Å². The first-order valence-electron chi connectivity index (χ1n) is 6.42. The van der Waals surface area contributed by atoms with Crippen molar-refractivity contribution in [1.29, 1.82) is 0 Å². The van der Waals surface area contributed by atoms with E-state index in [9.17, 15) is 10.1 Å². The van der Waals surface area contributed by atoms with Crippen LogP contribution >= 0.6 is 0 Å². The molecule has 2 rings (SSSR count). The van der Waals surface area contributed by atoms with E-state index in [1.165, 1.54) is 12.1 Å². The molecule has 0 saturated carbocycles. The Bertz CT molecular complexity index is 626. The first-order chi connectivity index (χ1) is 10.1. The molecule has 0 fully saturated rings. The minimum atomic E-state index is -0.537. The smallest absolute Gasteiger partial charge is 0.295 e. The number of rotatable bonds is 6. The van der Waals surface area contributed by atoms with Gasteiger partial charge in [-0.2, -0.15) is 0 Å². The molecular weight excluding hydrogens is 272 g/mol. The van der Waals surface area contributed by atoms with Gasteiger partial charge in [0.1, 0.15) is 30.4 Å². The van der Waals surface area contributed by atoms with Crippen LogP contribution in [0.2, 0.25) is 0 Å². The Morgan fingerprint density at radius 1 is 1.05 bits per heavy atom. The molecule has 110 valence electrons. The zero-order valence-electron chi connectivity index (χ0n) is 11.6. The zero-order valence-corrected chi connectivity index (χ0v) is 11.6. The van der Waals surface area contributed by atoms with Crippen molar-refractivity contribution >= 4 is 11.4 Å². The van der Waals surface area contributed by atoms with Crippen LogP contribution in [-0.4, -0.2) is 18.1 Å². The Kier molecular flexibility index (Phi) is 4.61. The third-order valence-electron chi connectivity index (χ3n) is 2.84. The molecule has 6 heteroatoms. The van der Waals surface area contributed by atoms with Crippen LogP contribution in [0.15, 0.2) is 42.5 Å². The number of ether oxygens (including phenoxy) is 2. The van der Waals surface area contributed by atoms with Gasteiger partial charge in [-0.05, 0) is 31.2 Å². The van der Waals surface area contributed by atoms with Crippen LogP contribution in [0.4, 0.5) is 11.4 Å². The molecule has 0 aliphatic carbocycles. The number of nitro benzene ring substituents is 1. The van der Waals surface area contributed by atoms with Gasteiger partial charge in [0, 0.05) is 0 Å². The van der Waals surface area contributed by atoms with E-state index >= 15 is 0 Å². The predicted octanol–water partition coefficient (Wildman–Crippen LogP) is 2.94. The molecule has 0 aromatic heterocycles. The molecule has 2 N–H and O–H groups in total. The van der Waals surface area contributed by atoms with Gasteiger partial charge < -0.3 is 15.2 Å². The maximum absolute atomic E-state index is 10.8. The fourth-order valence-corrected chi connectivity index (χ4v) is 1.72. The number of hydrogen-bond donors (Lipinski definition) is 1. The maximum Gasteiger partial charge on any atom is 0.295 e. The number of aryl methyl sites for hydroxylation is 1. The maximum atomic E-state index is 10.8. The van der Waals surface area contributed by atoms with Gasteiger partial charge in [-0.15, -0.1) is 0 Å². The van der Waals surface area contributed by atoms with E-state index in [2.05, 4.69) is 0 Å².